The smallest absolute Gasteiger partial charge is 0.247 e. The van der Waals surface area contributed by atoms with E-state index in [0.29, 0.717) is 36.8 Å². The Kier molecular flexibility index (Phi) is 5.51. The Morgan fingerprint density at radius 2 is 1.97 bits per heavy atom. The van der Waals surface area contributed by atoms with E-state index in [9.17, 15) is 13.2 Å². The molecule has 2 aliphatic heterocycles. The molecule has 0 bridgehead atoms. The van der Waals surface area contributed by atoms with Crippen LogP contribution in [0.5, 0.6) is 5.75 Å². The number of sulfonamides is 1. The number of anilines is 1. The SMILES string of the molecule is COc1ccc(C(C)C)cc1S(=O)(=O)N1CCCC1c1nc(C)c2c(n1)N(C)C(=O)C2. The van der Waals surface area contributed by atoms with Crippen molar-refractivity contribution in [2.24, 2.45) is 0 Å². The van der Waals surface area contributed by atoms with Crippen LogP contribution in [0, 0.1) is 6.92 Å². The van der Waals surface area contributed by atoms with E-state index in [0.717, 1.165) is 16.8 Å². The van der Waals surface area contributed by atoms with Gasteiger partial charge in [-0.1, -0.05) is 19.9 Å². The summed E-state index contributed by atoms with van der Waals surface area (Å²) >= 11 is 0. The molecule has 1 atom stereocenters. The molecule has 9 heteroatoms. The van der Waals surface area contributed by atoms with Crippen LogP contribution < -0.4 is 9.64 Å². The number of fused-ring (bicyclic) bond motifs is 1. The zero-order valence-corrected chi connectivity index (χ0v) is 19.4. The Hall–Kier alpha value is -2.52. The van der Waals surface area contributed by atoms with E-state index in [2.05, 4.69) is 9.97 Å². The van der Waals surface area contributed by atoms with Crippen molar-refractivity contribution in [3.63, 3.8) is 0 Å². The quantitative estimate of drug-likeness (QED) is 0.704. The topological polar surface area (TPSA) is 92.7 Å². The fourth-order valence-electron chi connectivity index (χ4n) is 4.29. The molecular weight excluding hydrogens is 416 g/mol. The average Bonchev–Trinajstić information content (AvgIpc) is 3.34. The number of likely N-dealkylation sites (N-methyl/N-ethyl adjacent to an activating group) is 1. The minimum Gasteiger partial charge on any atom is -0.495 e. The summed E-state index contributed by atoms with van der Waals surface area (Å²) in [6, 6.07) is 4.83. The van der Waals surface area contributed by atoms with E-state index >= 15 is 0 Å². The summed E-state index contributed by atoms with van der Waals surface area (Å²) in [5.74, 6) is 1.50. The van der Waals surface area contributed by atoms with Crippen molar-refractivity contribution in [2.45, 2.75) is 56.9 Å². The molecule has 1 aromatic carbocycles. The normalized spacial score (nSPS) is 19.4. The maximum atomic E-state index is 13.7. The Labute approximate surface area is 183 Å². The molecule has 0 N–H and O–H groups in total. The first-order valence-electron chi connectivity index (χ1n) is 10.5. The minimum absolute atomic E-state index is 0.0318. The first-order valence-corrected chi connectivity index (χ1v) is 11.9. The summed E-state index contributed by atoms with van der Waals surface area (Å²) in [4.78, 5) is 23.1. The molecule has 2 aliphatic rings. The second-order valence-corrected chi connectivity index (χ2v) is 10.3. The molecule has 0 radical (unpaired) electrons. The molecule has 4 rings (SSSR count). The van der Waals surface area contributed by atoms with Gasteiger partial charge in [-0.15, -0.1) is 0 Å². The number of aromatic nitrogens is 2. The predicted octanol–water partition coefficient (Wildman–Crippen LogP) is 2.96. The van der Waals surface area contributed by atoms with Gasteiger partial charge in [0, 0.05) is 24.8 Å². The van der Waals surface area contributed by atoms with Crippen molar-refractivity contribution in [1.82, 2.24) is 14.3 Å². The van der Waals surface area contributed by atoms with Gasteiger partial charge in [0.2, 0.25) is 15.9 Å². The lowest BCUT2D eigenvalue weighted by atomic mass is 10.0. The lowest BCUT2D eigenvalue weighted by Crippen LogP contribution is -2.32. The number of carbonyl (C=O) groups excluding carboxylic acids is 1. The summed E-state index contributed by atoms with van der Waals surface area (Å²) < 4.78 is 34.3. The lowest BCUT2D eigenvalue weighted by molar-refractivity contribution is -0.117. The molecule has 0 aliphatic carbocycles. The zero-order valence-electron chi connectivity index (χ0n) is 18.5. The highest BCUT2D eigenvalue weighted by molar-refractivity contribution is 7.89. The molecular formula is C22H28N4O4S. The van der Waals surface area contributed by atoms with Crippen LogP contribution in [-0.4, -0.2) is 49.3 Å². The van der Waals surface area contributed by atoms with Gasteiger partial charge in [-0.2, -0.15) is 4.31 Å². The van der Waals surface area contributed by atoms with Gasteiger partial charge < -0.3 is 4.74 Å². The van der Waals surface area contributed by atoms with Crippen LogP contribution in [0.15, 0.2) is 23.1 Å². The summed E-state index contributed by atoms with van der Waals surface area (Å²) in [6.45, 7) is 6.28. The lowest BCUT2D eigenvalue weighted by Gasteiger charge is -2.25. The van der Waals surface area contributed by atoms with Crippen LogP contribution in [0.4, 0.5) is 5.82 Å². The third-order valence-corrected chi connectivity index (χ3v) is 8.10. The molecule has 3 heterocycles. The third kappa shape index (κ3) is 3.59. The van der Waals surface area contributed by atoms with Crippen LogP contribution in [0.3, 0.4) is 0 Å². The van der Waals surface area contributed by atoms with E-state index in [1.165, 1.54) is 16.3 Å². The summed E-state index contributed by atoms with van der Waals surface area (Å²) in [6.07, 6.45) is 1.62. The van der Waals surface area contributed by atoms with Gasteiger partial charge in [0.1, 0.15) is 22.3 Å². The number of benzene rings is 1. The summed E-state index contributed by atoms with van der Waals surface area (Å²) in [5.41, 5.74) is 2.47. The fourth-order valence-corrected chi connectivity index (χ4v) is 6.14. The van der Waals surface area contributed by atoms with Crippen molar-refractivity contribution < 1.29 is 17.9 Å². The average molecular weight is 445 g/mol. The molecule has 166 valence electrons. The highest BCUT2D eigenvalue weighted by Crippen LogP contribution is 2.40. The van der Waals surface area contributed by atoms with E-state index in [1.54, 1.807) is 19.2 Å². The number of amides is 1. The van der Waals surface area contributed by atoms with Crippen LogP contribution in [0.1, 0.15) is 61.3 Å². The van der Waals surface area contributed by atoms with Crippen LogP contribution >= 0.6 is 0 Å². The third-order valence-electron chi connectivity index (χ3n) is 6.17. The van der Waals surface area contributed by atoms with Gasteiger partial charge >= 0.3 is 0 Å². The number of nitrogens with zero attached hydrogens (tertiary/aromatic N) is 4. The molecule has 1 unspecified atom stereocenters. The van der Waals surface area contributed by atoms with Gasteiger partial charge in [0.25, 0.3) is 0 Å². The molecule has 2 aromatic rings. The van der Waals surface area contributed by atoms with E-state index in [-0.39, 0.29) is 23.1 Å². The van der Waals surface area contributed by atoms with Crippen molar-refractivity contribution in [1.29, 1.82) is 0 Å². The van der Waals surface area contributed by atoms with Gasteiger partial charge in [0.15, 0.2) is 0 Å². The molecule has 8 nitrogen and oxygen atoms in total. The van der Waals surface area contributed by atoms with Crippen LogP contribution in [-0.2, 0) is 21.2 Å². The minimum atomic E-state index is -3.84. The standard InChI is InChI=1S/C22H28N4O4S/c1-13(2)15-8-9-18(30-5)19(11-15)31(28,29)26-10-6-7-17(26)21-23-14(3)16-12-20(27)25(4)22(16)24-21/h8-9,11,13,17H,6-7,10,12H2,1-5H3. The van der Waals surface area contributed by atoms with Gasteiger partial charge in [-0.3, -0.25) is 9.69 Å². The van der Waals surface area contributed by atoms with Crippen molar-refractivity contribution in [3.8, 4) is 5.75 Å². The number of hydrogen-bond acceptors (Lipinski definition) is 6. The molecule has 1 amide bonds. The largest absolute Gasteiger partial charge is 0.495 e. The first-order chi connectivity index (χ1) is 14.6. The van der Waals surface area contributed by atoms with E-state index in [4.69, 9.17) is 4.74 Å². The van der Waals surface area contributed by atoms with Gasteiger partial charge in [-0.05, 0) is 43.4 Å². The second kappa shape index (κ2) is 7.87. The highest BCUT2D eigenvalue weighted by Gasteiger charge is 2.40. The second-order valence-electron chi connectivity index (χ2n) is 8.44. The van der Waals surface area contributed by atoms with Crippen molar-refractivity contribution in [3.05, 3.63) is 40.8 Å². The summed E-state index contributed by atoms with van der Waals surface area (Å²) in [5, 5.41) is 0. The maximum Gasteiger partial charge on any atom is 0.247 e. The number of hydrogen-bond donors (Lipinski definition) is 0. The Morgan fingerprint density at radius 1 is 1.23 bits per heavy atom. The fraction of sp³-hybridized carbons (Fsp3) is 0.500. The van der Waals surface area contributed by atoms with Crippen LogP contribution in [0.25, 0.3) is 0 Å². The predicted molar refractivity (Wildman–Crippen MR) is 117 cm³/mol. The Bertz CT molecular complexity index is 1150. The van der Waals surface area contributed by atoms with E-state index < -0.39 is 16.1 Å². The number of methoxy groups -OCH3 is 1. The number of ether oxygens (including phenoxy) is 1. The molecule has 1 fully saturated rings. The van der Waals surface area contributed by atoms with Gasteiger partial charge in [-0.25, -0.2) is 18.4 Å². The van der Waals surface area contributed by atoms with Crippen molar-refractivity contribution >= 4 is 21.7 Å². The highest BCUT2D eigenvalue weighted by atomic mass is 32.2. The van der Waals surface area contributed by atoms with Crippen LogP contribution in [0.2, 0.25) is 0 Å². The Morgan fingerprint density at radius 3 is 2.65 bits per heavy atom. The van der Waals surface area contributed by atoms with E-state index in [1.807, 2.05) is 26.8 Å². The number of carbonyl (C=O) groups is 1. The van der Waals surface area contributed by atoms with Crippen molar-refractivity contribution in [2.75, 3.05) is 25.6 Å². The molecule has 1 saturated heterocycles. The maximum absolute atomic E-state index is 13.7. The van der Waals surface area contributed by atoms with Gasteiger partial charge in [0.05, 0.1) is 19.6 Å². The number of aryl methyl sites for hydroxylation is 1. The molecule has 31 heavy (non-hydrogen) atoms. The number of rotatable bonds is 5. The Balaban J connectivity index is 1.77. The first kappa shape index (κ1) is 21.7. The monoisotopic (exact) mass is 444 g/mol. The summed E-state index contributed by atoms with van der Waals surface area (Å²) in [7, 11) is -0.671. The molecule has 0 saturated carbocycles. The molecule has 1 aromatic heterocycles. The molecule has 0 spiro atoms. The zero-order chi connectivity index (χ0) is 22.5.